The number of amidine groups is 6. The first-order valence-corrected chi connectivity index (χ1v) is 25.2. The zero-order valence-corrected chi connectivity index (χ0v) is 41.6. The van der Waals surface area contributed by atoms with Crippen LogP contribution in [-0.4, -0.2) is 110 Å². The standard InChI is InChI=1S/C60H34N20/c1-3-16-35(17-4-1)39-24-12-28-45(63-39)51-73-58-74-52(46-29-13-25-40(64-46)36-18-5-2-6-19-36)76-60-78-54(77-59(75-51)80(58)60)48-31-15-27-42(66-48)38-21-11-20-37(34-38)41-26-14-30-47(65-41)53-71-56-69-49(43-22-7-9-32-61-43)67-55-68-50(44-23-8-10-33-62-44)70-57(72-53)79(55)56/h1-34H. The van der Waals surface area contributed by atoms with Gasteiger partial charge in [-0.3, -0.25) is 9.97 Å². The first-order valence-electron chi connectivity index (χ1n) is 25.2. The van der Waals surface area contributed by atoms with Crippen LogP contribution in [0.15, 0.2) is 266 Å². The van der Waals surface area contributed by atoms with Crippen LogP contribution in [0.4, 0.5) is 0 Å². The van der Waals surface area contributed by atoms with Gasteiger partial charge in [0.2, 0.25) is 35.8 Å². The summed E-state index contributed by atoms with van der Waals surface area (Å²) in [6.07, 6.45) is 3.36. The minimum absolute atomic E-state index is 0.255. The number of hydrogen-bond donors (Lipinski definition) is 0. The monoisotopic (exact) mass is 1030 g/mol. The van der Waals surface area contributed by atoms with Crippen molar-refractivity contribution in [3.8, 4) is 45.0 Å². The Kier molecular flexibility index (Phi) is 10.9. The van der Waals surface area contributed by atoms with Gasteiger partial charge in [0.05, 0.1) is 22.8 Å². The number of benzene rings is 3. The summed E-state index contributed by atoms with van der Waals surface area (Å²) < 4.78 is 0. The molecule has 0 spiro atoms. The molecule has 20 nitrogen and oxygen atoms in total. The molecule has 80 heavy (non-hydrogen) atoms. The fraction of sp³-hybridized carbons (Fsp3) is 0. The largest absolute Gasteiger partial charge is 0.253 e. The van der Waals surface area contributed by atoms with Crippen molar-refractivity contribution in [2.45, 2.75) is 0 Å². The Balaban J connectivity index is 0.778. The van der Waals surface area contributed by atoms with E-state index >= 15 is 0 Å². The van der Waals surface area contributed by atoms with Crippen LogP contribution in [-0.2, 0) is 0 Å². The summed E-state index contributed by atoms with van der Waals surface area (Å²) in [5.74, 6) is 3.51. The summed E-state index contributed by atoms with van der Waals surface area (Å²) in [6, 6.07) is 61.8. The van der Waals surface area contributed by atoms with Crippen LogP contribution in [0.5, 0.6) is 0 Å². The van der Waals surface area contributed by atoms with E-state index < -0.39 is 0 Å². The fourth-order valence-corrected chi connectivity index (χ4v) is 9.19. The maximum absolute atomic E-state index is 5.14. The molecule has 0 amide bonds. The molecular weight excluding hydrogens is 1000 g/mol. The number of aliphatic imine (C=N–C) groups is 12. The van der Waals surface area contributed by atoms with Gasteiger partial charge in [0, 0.05) is 34.6 Å². The molecule has 0 atom stereocenters. The molecule has 15 rings (SSSR count). The Morgan fingerprint density at radius 1 is 0.200 bits per heavy atom. The third kappa shape index (κ3) is 8.48. The lowest BCUT2D eigenvalue weighted by Crippen LogP contribution is -2.48. The molecule has 0 saturated carbocycles. The molecule has 374 valence electrons. The number of pyridine rings is 6. The highest BCUT2D eigenvalue weighted by molar-refractivity contribution is 6.35. The second-order valence-corrected chi connectivity index (χ2v) is 18.1. The van der Waals surface area contributed by atoms with Gasteiger partial charge in [0.1, 0.15) is 34.2 Å². The molecule has 0 unspecified atom stereocenters. The molecule has 6 aliphatic heterocycles. The van der Waals surface area contributed by atoms with Crippen molar-refractivity contribution in [2.75, 3.05) is 0 Å². The smallest absolute Gasteiger partial charge is 0.243 e. The Morgan fingerprint density at radius 2 is 0.450 bits per heavy atom. The number of nitrogens with zero attached hydrogens (tertiary/aromatic N) is 20. The summed E-state index contributed by atoms with van der Waals surface area (Å²) in [4.78, 5) is 91.1. The Labute approximate surface area is 454 Å². The molecule has 3 aromatic carbocycles. The molecule has 0 aliphatic carbocycles. The number of guanidine groups is 6. The predicted octanol–water partition coefficient (Wildman–Crippen LogP) is 8.83. The van der Waals surface area contributed by atoms with Crippen LogP contribution in [0.3, 0.4) is 0 Å². The number of aromatic nitrogens is 6. The van der Waals surface area contributed by atoms with Crippen LogP contribution in [0.2, 0.25) is 0 Å². The van der Waals surface area contributed by atoms with Crippen LogP contribution < -0.4 is 0 Å². The van der Waals surface area contributed by atoms with Crippen molar-refractivity contribution in [3.05, 3.63) is 241 Å². The second kappa shape index (κ2) is 19.1. The minimum Gasteiger partial charge on any atom is -0.253 e. The van der Waals surface area contributed by atoms with E-state index in [4.69, 9.17) is 79.8 Å². The van der Waals surface area contributed by atoms with Gasteiger partial charge < -0.3 is 0 Å². The molecule has 0 fully saturated rings. The van der Waals surface area contributed by atoms with Crippen LogP contribution in [0, 0.1) is 0 Å². The van der Waals surface area contributed by atoms with Gasteiger partial charge in [0.15, 0.2) is 35.0 Å². The average Bonchev–Trinajstić information content (AvgIpc) is 3.56. The molecule has 6 aromatic heterocycles. The topological polar surface area (TPSA) is 232 Å². The first-order chi connectivity index (χ1) is 39.6. The molecule has 0 radical (unpaired) electrons. The van der Waals surface area contributed by atoms with Gasteiger partial charge in [-0.25, -0.2) is 29.7 Å². The first kappa shape index (κ1) is 45.6. The highest BCUT2D eigenvalue weighted by Gasteiger charge is 2.38. The minimum atomic E-state index is 0.255. The summed E-state index contributed by atoms with van der Waals surface area (Å²) >= 11 is 0. The maximum atomic E-state index is 5.14. The molecule has 0 bridgehead atoms. The van der Waals surface area contributed by atoms with E-state index in [1.54, 1.807) is 22.2 Å². The zero-order chi connectivity index (χ0) is 52.9. The highest BCUT2D eigenvalue weighted by Crippen LogP contribution is 2.29. The van der Waals surface area contributed by atoms with Crippen molar-refractivity contribution < 1.29 is 0 Å². The predicted molar refractivity (Wildman–Crippen MR) is 308 cm³/mol. The van der Waals surface area contributed by atoms with Crippen molar-refractivity contribution in [1.29, 1.82) is 0 Å². The van der Waals surface area contributed by atoms with Crippen molar-refractivity contribution in [3.63, 3.8) is 0 Å². The lowest BCUT2D eigenvalue weighted by Gasteiger charge is -2.30. The zero-order valence-electron chi connectivity index (χ0n) is 41.6. The van der Waals surface area contributed by atoms with E-state index in [0.717, 1.165) is 33.6 Å². The molecule has 6 aliphatic rings. The fourth-order valence-electron chi connectivity index (χ4n) is 9.19. The molecular formula is C60H34N20. The Hall–Kier alpha value is -11.8. The second-order valence-electron chi connectivity index (χ2n) is 18.1. The average molecular weight is 1040 g/mol. The maximum Gasteiger partial charge on any atom is 0.243 e. The molecule has 12 heterocycles. The van der Waals surface area contributed by atoms with Crippen molar-refractivity contribution in [2.24, 2.45) is 59.9 Å². The summed E-state index contributed by atoms with van der Waals surface area (Å²) in [6.45, 7) is 0. The SMILES string of the molecule is c1ccc(-c2cccc(C3=NC4=NC(c5cccc(-c6ccccc6)n5)=NC5=NC(c6cccc(-c7cccc(-c8cccc(C9=NC%10=NC(c%11ccccn%11)=NC%11=NC(c%12ccccn%12)=NC(=N9)N%11%10)n8)c7)n6)=NC(=N3)N45)n2)cc1. The van der Waals surface area contributed by atoms with Gasteiger partial charge in [-0.15, -0.1) is 0 Å². The van der Waals surface area contributed by atoms with Crippen LogP contribution in [0.1, 0.15) is 34.2 Å². The van der Waals surface area contributed by atoms with E-state index in [-0.39, 0.29) is 41.6 Å². The van der Waals surface area contributed by atoms with E-state index in [1.807, 2.05) is 194 Å². The molecule has 0 saturated heterocycles. The normalized spacial score (nSPS) is 15.8. The van der Waals surface area contributed by atoms with E-state index in [1.165, 1.54) is 0 Å². The quantitative estimate of drug-likeness (QED) is 0.128. The van der Waals surface area contributed by atoms with Gasteiger partial charge in [-0.05, 0) is 78.9 Å². The van der Waals surface area contributed by atoms with E-state index in [0.29, 0.717) is 74.7 Å². The lowest BCUT2D eigenvalue weighted by molar-refractivity contribution is 0.825. The molecule has 9 aromatic rings. The van der Waals surface area contributed by atoms with E-state index in [9.17, 15) is 0 Å². The Bertz CT molecular complexity index is 4340. The van der Waals surface area contributed by atoms with Gasteiger partial charge in [-0.2, -0.15) is 59.9 Å². The lowest BCUT2D eigenvalue weighted by atomic mass is 10.0. The summed E-state index contributed by atoms with van der Waals surface area (Å²) in [5.41, 5.74) is 9.57. The summed E-state index contributed by atoms with van der Waals surface area (Å²) in [7, 11) is 0. The molecule has 0 N–H and O–H groups in total. The van der Waals surface area contributed by atoms with Crippen molar-refractivity contribution >= 4 is 70.8 Å². The Morgan fingerprint density at radius 3 is 0.762 bits per heavy atom. The van der Waals surface area contributed by atoms with Gasteiger partial charge in [-0.1, -0.05) is 115 Å². The third-order valence-corrected chi connectivity index (χ3v) is 13.0. The van der Waals surface area contributed by atoms with E-state index in [2.05, 4.69) is 9.97 Å². The number of hydrogen-bond acceptors (Lipinski definition) is 20. The number of rotatable bonds is 10. The van der Waals surface area contributed by atoms with Crippen LogP contribution in [0.25, 0.3) is 45.0 Å². The van der Waals surface area contributed by atoms with Gasteiger partial charge >= 0.3 is 0 Å². The van der Waals surface area contributed by atoms with Crippen LogP contribution >= 0.6 is 0 Å². The summed E-state index contributed by atoms with van der Waals surface area (Å²) in [5, 5.41) is 0. The highest BCUT2D eigenvalue weighted by atomic mass is 15.5. The molecule has 20 heteroatoms. The van der Waals surface area contributed by atoms with Crippen molar-refractivity contribution in [1.82, 2.24) is 39.7 Å². The van der Waals surface area contributed by atoms with Gasteiger partial charge in [0.25, 0.3) is 0 Å². The third-order valence-electron chi connectivity index (χ3n) is 13.0.